The number of hydrogen-bond acceptors (Lipinski definition) is 2. The molecule has 0 saturated carbocycles. The van der Waals surface area contributed by atoms with Crippen LogP contribution in [0.4, 0.5) is 0 Å². The monoisotopic (exact) mass is 289 g/mol. The van der Waals surface area contributed by atoms with Crippen molar-refractivity contribution in [3.8, 4) is 6.07 Å². The van der Waals surface area contributed by atoms with E-state index in [0.29, 0.717) is 26.7 Å². The van der Waals surface area contributed by atoms with Gasteiger partial charge in [0.25, 0.3) is 0 Å². The van der Waals surface area contributed by atoms with E-state index in [9.17, 15) is 4.79 Å². The zero-order chi connectivity index (χ0) is 13.8. The first-order valence-electron chi connectivity index (χ1n) is 5.57. The summed E-state index contributed by atoms with van der Waals surface area (Å²) in [7, 11) is 0. The Morgan fingerprint density at radius 3 is 2.58 bits per heavy atom. The van der Waals surface area contributed by atoms with E-state index in [-0.39, 0.29) is 12.2 Å². The lowest BCUT2D eigenvalue weighted by atomic mass is 10.0. The molecule has 0 heterocycles. The molecule has 0 fully saturated rings. The third kappa shape index (κ3) is 3.35. The second-order valence-electron chi connectivity index (χ2n) is 4.03. The number of rotatable bonds is 3. The van der Waals surface area contributed by atoms with Crippen molar-refractivity contribution in [2.45, 2.75) is 6.42 Å². The van der Waals surface area contributed by atoms with Crippen molar-refractivity contribution < 1.29 is 4.79 Å². The van der Waals surface area contributed by atoms with E-state index in [2.05, 4.69) is 0 Å². The van der Waals surface area contributed by atoms with Gasteiger partial charge in [-0.2, -0.15) is 5.26 Å². The average Bonchev–Trinajstić information content (AvgIpc) is 2.41. The number of nitrogens with zero attached hydrogens (tertiary/aromatic N) is 1. The van der Waals surface area contributed by atoms with Gasteiger partial charge in [-0.1, -0.05) is 41.4 Å². The van der Waals surface area contributed by atoms with Crippen LogP contribution in [0.3, 0.4) is 0 Å². The van der Waals surface area contributed by atoms with E-state index < -0.39 is 0 Å². The van der Waals surface area contributed by atoms with E-state index >= 15 is 0 Å². The maximum atomic E-state index is 12.1. The fraction of sp³-hybridized carbons (Fsp3) is 0.0667. The van der Waals surface area contributed by atoms with E-state index in [0.717, 1.165) is 0 Å². The van der Waals surface area contributed by atoms with Gasteiger partial charge < -0.3 is 0 Å². The van der Waals surface area contributed by atoms with Crippen LogP contribution in [0.5, 0.6) is 0 Å². The number of ketones is 1. The smallest absolute Gasteiger partial charge is 0.167 e. The molecule has 94 valence electrons. The molecular formula is C15H9Cl2NO. The molecule has 0 N–H and O–H groups in total. The van der Waals surface area contributed by atoms with Crippen LogP contribution in [0.1, 0.15) is 21.5 Å². The summed E-state index contributed by atoms with van der Waals surface area (Å²) < 4.78 is 0. The van der Waals surface area contributed by atoms with Crippen molar-refractivity contribution in [3.63, 3.8) is 0 Å². The summed E-state index contributed by atoms with van der Waals surface area (Å²) in [4.78, 5) is 12.1. The lowest BCUT2D eigenvalue weighted by molar-refractivity contribution is 0.0993. The van der Waals surface area contributed by atoms with Crippen molar-refractivity contribution in [3.05, 3.63) is 69.2 Å². The number of Topliss-reactive ketones (excluding diaryl/α,β-unsaturated/α-hetero) is 1. The topological polar surface area (TPSA) is 40.9 Å². The van der Waals surface area contributed by atoms with Gasteiger partial charge in [0.1, 0.15) is 0 Å². The predicted octanol–water partition coefficient (Wildman–Crippen LogP) is 4.29. The average molecular weight is 290 g/mol. The Morgan fingerprint density at radius 2 is 1.95 bits per heavy atom. The molecule has 0 aliphatic carbocycles. The highest BCUT2D eigenvalue weighted by atomic mass is 35.5. The summed E-state index contributed by atoms with van der Waals surface area (Å²) in [6, 6.07) is 13.7. The number of halogens is 2. The fourth-order valence-corrected chi connectivity index (χ4v) is 2.13. The standard InChI is InChI=1S/C15H9Cl2NO/c16-13-3-1-2-12(7-13)15(19)8-11-5-4-10(9-18)6-14(11)17/h1-7H,8H2. The van der Waals surface area contributed by atoms with Gasteiger partial charge in [-0.3, -0.25) is 4.79 Å². The molecule has 2 aromatic carbocycles. The van der Waals surface area contributed by atoms with Crippen molar-refractivity contribution >= 4 is 29.0 Å². The molecule has 2 rings (SSSR count). The van der Waals surface area contributed by atoms with Gasteiger partial charge in [0.2, 0.25) is 0 Å². The Labute approximate surface area is 121 Å². The molecule has 0 spiro atoms. The van der Waals surface area contributed by atoms with Crippen molar-refractivity contribution in [2.75, 3.05) is 0 Å². The zero-order valence-electron chi connectivity index (χ0n) is 9.86. The molecule has 0 atom stereocenters. The van der Waals surface area contributed by atoms with Crippen LogP contribution < -0.4 is 0 Å². The van der Waals surface area contributed by atoms with Crippen LogP contribution in [0, 0.1) is 11.3 Å². The molecule has 0 bridgehead atoms. The molecule has 0 aromatic heterocycles. The van der Waals surface area contributed by atoms with Gasteiger partial charge in [0, 0.05) is 22.0 Å². The van der Waals surface area contributed by atoms with Gasteiger partial charge in [-0.15, -0.1) is 0 Å². The van der Waals surface area contributed by atoms with E-state index in [1.54, 1.807) is 42.5 Å². The Hall–Kier alpha value is -1.82. The molecule has 4 heteroatoms. The maximum Gasteiger partial charge on any atom is 0.167 e. The van der Waals surface area contributed by atoms with Gasteiger partial charge in [0.15, 0.2) is 5.78 Å². The Kier molecular flexibility index (Phi) is 4.21. The highest BCUT2D eigenvalue weighted by Crippen LogP contribution is 2.20. The number of nitriles is 1. The number of benzene rings is 2. The third-order valence-corrected chi connectivity index (χ3v) is 3.27. The summed E-state index contributed by atoms with van der Waals surface area (Å²) in [5.41, 5.74) is 1.72. The predicted molar refractivity (Wildman–Crippen MR) is 75.7 cm³/mol. The highest BCUT2D eigenvalue weighted by Gasteiger charge is 2.10. The first kappa shape index (κ1) is 13.6. The lowest BCUT2D eigenvalue weighted by Crippen LogP contribution is -2.04. The lowest BCUT2D eigenvalue weighted by Gasteiger charge is -2.04. The Morgan fingerprint density at radius 1 is 1.16 bits per heavy atom. The molecule has 2 nitrogen and oxygen atoms in total. The zero-order valence-corrected chi connectivity index (χ0v) is 11.4. The van der Waals surface area contributed by atoms with Crippen LogP contribution in [-0.4, -0.2) is 5.78 Å². The van der Waals surface area contributed by atoms with Crippen molar-refractivity contribution in [2.24, 2.45) is 0 Å². The summed E-state index contributed by atoms with van der Waals surface area (Å²) >= 11 is 11.9. The first-order chi connectivity index (χ1) is 9.10. The molecule has 0 radical (unpaired) electrons. The van der Waals surface area contributed by atoms with Crippen LogP contribution in [-0.2, 0) is 6.42 Å². The number of carbonyl (C=O) groups excluding carboxylic acids is 1. The molecule has 0 unspecified atom stereocenters. The van der Waals surface area contributed by atoms with Crippen molar-refractivity contribution in [1.82, 2.24) is 0 Å². The van der Waals surface area contributed by atoms with Crippen molar-refractivity contribution in [1.29, 1.82) is 5.26 Å². The molecule has 19 heavy (non-hydrogen) atoms. The summed E-state index contributed by atoms with van der Waals surface area (Å²) in [6.07, 6.45) is 0.185. The van der Waals surface area contributed by atoms with E-state index in [1.807, 2.05) is 6.07 Å². The molecular weight excluding hydrogens is 281 g/mol. The van der Waals surface area contributed by atoms with Gasteiger partial charge in [0.05, 0.1) is 11.6 Å². The second-order valence-corrected chi connectivity index (χ2v) is 4.87. The minimum atomic E-state index is -0.0610. The van der Waals surface area contributed by atoms with Crippen LogP contribution in [0.25, 0.3) is 0 Å². The highest BCUT2D eigenvalue weighted by molar-refractivity contribution is 6.32. The molecule has 0 aliphatic rings. The summed E-state index contributed by atoms with van der Waals surface area (Å²) in [5, 5.41) is 9.70. The fourth-order valence-electron chi connectivity index (χ4n) is 1.70. The molecule has 0 aliphatic heterocycles. The Bertz CT molecular complexity index is 674. The summed E-state index contributed by atoms with van der Waals surface area (Å²) in [6.45, 7) is 0. The third-order valence-electron chi connectivity index (χ3n) is 2.68. The Balaban J connectivity index is 2.22. The molecule has 0 saturated heterocycles. The number of hydrogen-bond donors (Lipinski definition) is 0. The first-order valence-corrected chi connectivity index (χ1v) is 6.33. The second kappa shape index (κ2) is 5.88. The minimum Gasteiger partial charge on any atom is -0.294 e. The van der Waals surface area contributed by atoms with Gasteiger partial charge >= 0.3 is 0 Å². The van der Waals surface area contributed by atoms with Crippen LogP contribution in [0.15, 0.2) is 42.5 Å². The van der Waals surface area contributed by atoms with Gasteiger partial charge in [-0.25, -0.2) is 0 Å². The van der Waals surface area contributed by atoms with E-state index in [1.165, 1.54) is 0 Å². The maximum absolute atomic E-state index is 12.1. The van der Waals surface area contributed by atoms with Gasteiger partial charge in [-0.05, 0) is 29.8 Å². The summed E-state index contributed by atoms with van der Waals surface area (Å²) in [5.74, 6) is -0.0610. The quantitative estimate of drug-likeness (QED) is 0.791. The van der Waals surface area contributed by atoms with Crippen LogP contribution in [0.2, 0.25) is 10.0 Å². The SMILES string of the molecule is N#Cc1ccc(CC(=O)c2cccc(Cl)c2)c(Cl)c1. The number of carbonyl (C=O) groups is 1. The normalized spacial score (nSPS) is 9.95. The molecule has 2 aromatic rings. The molecule has 0 amide bonds. The largest absolute Gasteiger partial charge is 0.294 e. The van der Waals surface area contributed by atoms with Crippen LogP contribution >= 0.6 is 23.2 Å². The minimum absolute atomic E-state index is 0.0610. The van der Waals surface area contributed by atoms with E-state index in [4.69, 9.17) is 28.5 Å².